The van der Waals surface area contributed by atoms with Crippen molar-refractivity contribution in [3.8, 4) is 0 Å². The summed E-state index contributed by atoms with van der Waals surface area (Å²) in [5, 5.41) is 5.46. The third kappa shape index (κ3) is 2.84. The van der Waals surface area contributed by atoms with Gasteiger partial charge in [-0.15, -0.1) is 5.10 Å². The monoisotopic (exact) mass is 262 g/mol. The van der Waals surface area contributed by atoms with Crippen LogP contribution < -0.4 is 5.73 Å². The van der Waals surface area contributed by atoms with Crippen molar-refractivity contribution >= 4 is 23.1 Å². The third-order valence-electron chi connectivity index (χ3n) is 2.60. The number of rotatable bonds is 4. The first-order valence-corrected chi connectivity index (χ1v) is 6.45. The molecule has 0 aliphatic rings. The molecule has 1 heterocycles. The fourth-order valence-corrected chi connectivity index (χ4v) is 2.02. The Bertz CT molecular complexity index is 509. The molecule has 0 saturated heterocycles. The van der Waals surface area contributed by atoms with Crippen molar-refractivity contribution in [1.29, 1.82) is 0 Å². The van der Waals surface area contributed by atoms with E-state index in [1.54, 1.807) is 10.3 Å². The Morgan fingerprint density at radius 3 is 2.67 bits per heavy atom. The normalized spacial score (nSPS) is 10.3. The second-order valence-corrected chi connectivity index (χ2v) is 4.46. The molecule has 0 spiro atoms. The van der Waals surface area contributed by atoms with Crippen molar-refractivity contribution in [2.75, 3.05) is 12.3 Å². The van der Waals surface area contributed by atoms with Gasteiger partial charge in [0.1, 0.15) is 0 Å². The van der Waals surface area contributed by atoms with Gasteiger partial charge in [0, 0.05) is 24.2 Å². The van der Waals surface area contributed by atoms with Crippen molar-refractivity contribution in [2.45, 2.75) is 13.5 Å². The molecule has 0 radical (unpaired) electrons. The van der Waals surface area contributed by atoms with Crippen molar-refractivity contribution in [3.05, 3.63) is 40.9 Å². The molecule has 0 atom stereocenters. The Balaban J connectivity index is 2.10. The van der Waals surface area contributed by atoms with Crippen LogP contribution >= 0.6 is 11.5 Å². The van der Waals surface area contributed by atoms with Gasteiger partial charge in [-0.3, -0.25) is 4.79 Å². The van der Waals surface area contributed by atoms with Crippen LogP contribution in [-0.2, 0) is 6.54 Å². The molecule has 5 nitrogen and oxygen atoms in total. The summed E-state index contributed by atoms with van der Waals surface area (Å²) in [5.74, 6) is -0.0944. The highest BCUT2D eigenvalue weighted by Gasteiger charge is 2.16. The lowest BCUT2D eigenvalue weighted by atomic mass is 10.2. The minimum Gasteiger partial charge on any atom is -0.399 e. The number of carbonyl (C=O) groups is 1. The van der Waals surface area contributed by atoms with E-state index in [0.29, 0.717) is 18.8 Å². The minimum atomic E-state index is -0.0944. The third-order valence-corrected chi connectivity index (χ3v) is 3.11. The molecule has 0 fully saturated rings. The number of benzene rings is 1. The van der Waals surface area contributed by atoms with Crippen LogP contribution in [0.2, 0.25) is 0 Å². The van der Waals surface area contributed by atoms with E-state index in [1.165, 1.54) is 11.5 Å². The van der Waals surface area contributed by atoms with E-state index in [1.807, 2.05) is 31.2 Å². The number of nitrogen functional groups attached to an aromatic ring is 1. The quantitative estimate of drug-likeness (QED) is 0.852. The number of carbonyl (C=O) groups excluding carboxylic acids is 1. The lowest BCUT2D eigenvalue weighted by Crippen LogP contribution is -2.30. The number of nitrogens with zero attached hydrogens (tertiary/aromatic N) is 3. The Kier molecular flexibility index (Phi) is 3.88. The summed E-state index contributed by atoms with van der Waals surface area (Å²) in [5.41, 5.74) is 7.79. The second-order valence-electron chi connectivity index (χ2n) is 3.85. The van der Waals surface area contributed by atoms with Crippen molar-refractivity contribution in [1.82, 2.24) is 14.5 Å². The maximum Gasteiger partial charge on any atom is 0.275 e. The molecule has 0 aliphatic carbocycles. The van der Waals surface area contributed by atoms with Crippen molar-refractivity contribution in [3.63, 3.8) is 0 Å². The number of hydrogen-bond acceptors (Lipinski definition) is 5. The second kappa shape index (κ2) is 5.59. The van der Waals surface area contributed by atoms with Gasteiger partial charge in [0.15, 0.2) is 5.69 Å². The van der Waals surface area contributed by atoms with Gasteiger partial charge in [0.05, 0.1) is 0 Å². The summed E-state index contributed by atoms with van der Waals surface area (Å²) in [6, 6.07) is 7.51. The van der Waals surface area contributed by atoms with Gasteiger partial charge in [0.2, 0.25) is 0 Å². The SMILES string of the molecule is CCN(Cc1ccc(N)cc1)C(=O)c1csnn1. The smallest absolute Gasteiger partial charge is 0.275 e. The molecule has 1 aromatic heterocycles. The largest absolute Gasteiger partial charge is 0.399 e. The predicted molar refractivity (Wildman–Crippen MR) is 71.2 cm³/mol. The van der Waals surface area contributed by atoms with Crippen LogP contribution in [0.5, 0.6) is 0 Å². The number of amides is 1. The summed E-state index contributed by atoms with van der Waals surface area (Å²) >= 11 is 1.18. The van der Waals surface area contributed by atoms with Crippen LogP contribution in [0.3, 0.4) is 0 Å². The van der Waals surface area contributed by atoms with E-state index in [-0.39, 0.29) is 5.91 Å². The summed E-state index contributed by atoms with van der Waals surface area (Å²) in [6.07, 6.45) is 0. The average Bonchev–Trinajstić information content (AvgIpc) is 2.91. The summed E-state index contributed by atoms with van der Waals surface area (Å²) < 4.78 is 3.71. The number of hydrogen-bond donors (Lipinski definition) is 1. The number of nitrogens with two attached hydrogens (primary N) is 1. The fourth-order valence-electron chi connectivity index (χ4n) is 1.59. The van der Waals surface area contributed by atoms with E-state index < -0.39 is 0 Å². The lowest BCUT2D eigenvalue weighted by molar-refractivity contribution is 0.0746. The maximum absolute atomic E-state index is 12.1. The Hall–Kier alpha value is -1.95. The molecular weight excluding hydrogens is 248 g/mol. The van der Waals surface area contributed by atoms with Gasteiger partial charge < -0.3 is 10.6 Å². The lowest BCUT2D eigenvalue weighted by Gasteiger charge is -2.19. The molecule has 0 bridgehead atoms. The van der Waals surface area contributed by atoms with Crippen LogP contribution in [0.15, 0.2) is 29.6 Å². The van der Waals surface area contributed by atoms with Gasteiger partial charge in [-0.2, -0.15) is 0 Å². The first-order chi connectivity index (χ1) is 8.70. The van der Waals surface area contributed by atoms with Gasteiger partial charge >= 0.3 is 0 Å². The standard InChI is InChI=1S/C12H14N4OS/c1-2-16(12(17)11-8-18-15-14-11)7-9-3-5-10(13)6-4-9/h3-6,8H,2,7,13H2,1H3. The summed E-state index contributed by atoms with van der Waals surface area (Å²) in [7, 11) is 0. The van der Waals surface area contributed by atoms with Gasteiger partial charge in [-0.05, 0) is 36.2 Å². The molecule has 2 aromatic rings. The minimum absolute atomic E-state index is 0.0944. The van der Waals surface area contributed by atoms with E-state index in [4.69, 9.17) is 5.73 Å². The first-order valence-electron chi connectivity index (χ1n) is 5.61. The van der Waals surface area contributed by atoms with E-state index in [9.17, 15) is 4.79 Å². The number of aromatic nitrogens is 2. The average molecular weight is 262 g/mol. The predicted octanol–water partition coefficient (Wildman–Crippen LogP) is 1.78. The van der Waals surface area contributed by atoms with Crippen LogP contribution in [0, 0.1) is 0 Å². The van der Waals surface area contributed by atoms with Gasteiger partial charge in [-0.1, -0.05) is 16.6 Å². The molecule has 6 heteroatoms. The highest BCUT2D eigenvalue weighted by Crippen LogP contribution is 2.11. The Morgan fingerprint density at radius 1 is 1.39 bits per heavy atom. The molecule has 2 rings (SSSR count). The molecule has 0 aliphatic heterocycles. The topological polar surface area (TPSA) is 72.1 Å². The highest BCUT2D eigenvalue weighted by atomic mass is 32.1. The molecule has 2 N–H and O–H groups in total. The molecule has 0 unspecified atom stereocenters. The molecule has 94 valence electrons. The summed E-state index contributed by atoms with van der Waals surface area (Å²) in [6.45, 7) is 3.11. The molecule has 18 heavy (non-hydrogen) atoms. The van der Waals surface area contributed by atoms with Crippen LogP contribution in [0.25, 0.3) is 0 Å². The molecule has 1 aromatic carbocycles. The van der Waals surface area contributed by atoms with Crippen LogP contribution in [0.4, 0.5) is 5.69 Å². The zero-order valence-electron chi connectivity index (χ0n) is 10.0. The van der Waals surface area contributed by atoms with Crippen LogP contribution in [0.1, 0.15) is 23.0 Å². The first kappa shape index (κ1) is 12.5. The van der Waals surface area contributed by atoms with E-state index in [2.05, 4.69) is 9.59 Å². The van der Waals surface area contributed by atoms with Crippen molar-refractivity contribution < 1.29 is 4.79 Å². The van der Waals surface area contributed by atoms with Gasteiger partial charge in [0.25, 0.3) is 5.91 Å². The molecule has 0 saturated carbocycles. The molecule has 1 amide bonds. The van der Waals surface area contributed by atoms with Gasteiger partial charge in [-0.25, -0.2) is 0 Å². The zero-order valence-corrected chi connectivity index (χ0v) is 10.9. The van der Waals surface area contributed by atoms with Crippen LogP contribution in [-0.4, -0.2) is 26.9 Å². The Morgan fingerprint density at radius 2 is 2.11 bits per heavy atom. The zero-order chi connectivity index (χ0) is 13.0. The summed E-state index contributed by atoms with van der Waals surface area (Å²) in [4.78, 5) is 13.8. The molecular formula is C12H14N4OS. The van der Waals surface area contributed by atoms with E-state index in [0.717, 1.165) is 11.3 Å². The van der Waals surface area contributed by atoms with E-state index >= 15 is 0 Å². The van der Waals surface area contributed by atoms with Crippen molar-refractivity contribution in [2.24, 2.45) is 0 Å². The fraction of sp³-hybridized carbons (Fsp3) is 0.250. The number of anilines is 1. The Labute approximate surface area is 109 Å². The highest BCUT2D eigenvalue weighted by molar-refractivity contribution is 7.03. The maximum atomic E-state index is 12.1.